The average molecular weight is 1010 g/mol. The number of hydrogen-bond donors (Lipinski definition) is 0. The summed E-state index contributed by atoms with van der Waals surface area (Å²) in [5.41, 5.74) is 17.8. The van der Waals surface area contributed by atoms with E-state index in [0.717, 1.165) is 56.7 Å². The van der Waals surface area contributed by atoms with E-state index in [1.165, 1.54) is 33.4 Å². The Hall–Kier alpha value is -7.25. The topological polar surface area (TPSA) is 57.5 Å². The maximum Gasteiger partial charge on any atom is 0.242 e. The van der Waals surface area contributed by atoms with E-state index in [0.29, 0.717) is 0 Å². The Bertz CT molecular complexity index is 2860. The zero-order chi connectivity index (χ0) is 43.7. The molecule has 0 amide bonds. The van der Waals surface area contributed by atoms with Crippen molar-refractivity contribution < 1.29 is 29.2 Å². The molecular formula is C56H48IrN7-3. The Kier molecular flexibility index (Phi) is 14.5. The van der Waals surface area contributed by atoms with Crippen LogP contribution in [0.5, 0.6) is 0 Å². The van der Waals surface area contributed by atoms with E-state index in [1.54, 1.807) is 12.4 Å². The van der Waals surface area contributed by atoms with Gasteiger partial charge in [-0.15, -0.1) is 0 Å². The number of aryl methyl sites for hydroxylation is 6. The third-order valence-electron chi connectivity index (χ3n) is 10.6. The number of benzene rings is 6. The molecule has 0 fully saturated rings. The molecule has 0 spiro atoms. The minimum absolute atomic E-state index is 0. The molecule has 0 N–H and O–H groups in total. The minimum Gasteiger partial charge on any atom is -0.574 e. The molecule has 4 heterocycles. The molecule has 0 aliphatic heterocycles. The summed E-state index contributed by atoms with van der Waals surface area (Å²) in [7, 11) is 4.10. The van der Waals surface area contributed by atoms with Crippen LogP contribution in [-0.4, -0.2) is 19.2 Å². The van der Waals surface area contributed by atoms with Crippen molar-refractivity contribution in [3.63, 3.8) is 0 Å². The Labute approximate surface area is 390 Å². The predicted octanol–water partition coefficient (Wildman–Crippen LogP) is 10.8. The minimum atomic E-state index is 0. The normalized spacial score (nSPS) is 10.5. The van der Waals surface area contributed by atoms with E-state index >= 15 is 0 Å². The number of nitrogens with zero attached hydrogens (tertiary/aromatic N) is 7. The van der Waals surface area contributed by atoms with Crippen molar-refractivity contribution in [2.75, 3.05) is 0 Å². The third kappa shape index (κ3) is 10.0. The smallest absolute Gasteiger partial charge is 0.242 e. The monoisotopic (exact) mass is 1010 g/mol. The molecule has 8 heteroatoms. The maximum absolute atomic E-state index is 4.12. The molecule has 0 bridgehead atoms. The molecule has 4 aromatic heterocycles. The molecular weight excluding hydrogens is 963 g/mol. The standard InChI is InChI=1S/2C24H21N2.C8H6N3.Ir/c2*1-18-14-15-22(19(2)16-18)26-17-25(3)23(20-10-6-4-7-11-20)24(26)21-12-8-5-9-13-21;1-2-5-9-7(3-1)8-4-6-10-11-8;/h2*4-14,16H,1-3H3;1-6H;/q3*-1;. The molecule has 0 saturated heterocycles. The molecule has 0 saturated carbocycles. The van der Waals surface area contributed by atoms with Crippen LogP contribution >= 0.6 is 0 Å². The van der Waals surface area contributed by atoms with Gasteiger partial charge < -0.3 is 28.5 Å². The second-order valence-corrected chi connectivity index (χ2v) is 15.4. The number of pyridine rings is 1. The number of imidazole rings is 2. The fourth-order valence-corrected chi connectivity index (χ4v) is 7.79. The van der Waals surface area contributed by atoms with Crippen molar-refractivity contribution in [1.82, 2.24) is 24.3 Å². The van der Waals surface area contributed by atoms with Gasteiger partial charge in [-0.1, -0.05) is 178 Å². The first-order valence-electron chi connectivity index (χ1n) is 20.9. The number of hydrogen-bond acceptors (Lipinski definition) is 2. The van der Waals surface area contributed by atoms with Crippen molar-refractivity contribution in [2.24, 2.45) is 14.1 Å². The molecule has 0 unspecified atom stereocenters. The van der Waals surface area contributed by atoms with Crippen LogP contribution in [0.4, 0.5) is 0 Å². The number of rotatable bonds is 7. The molecule has 319 valence electrons. The summed E-state index contributed by atoms with van der Waals surface area (Å²) in [6.07, 6.45) is 10.4. The van der Waals surface area contributed by atoms with Gasteiger partial charge in [0.2, 0.25) is 12.7 Å². The predicted molar refractivity (Wildman–Crippen MR) is 251 cm³/mol. The van der Waals surface area contributed by atoms with Crippen molar-refractivity contribution in [1.29, 1.82) is 0 Å². The largest absolute Gasteiger partial charge is 0.574 e. The van der Waals surface area contributed by atoms with E-state index in [1.807, 2.05) is 60.7 Å². The summed E-state index contributed by atoms with van der Waals surface area (Å²) in [6.45, 7) is 8.45. The molecule has 0 aliphatic carbocycles. The second-order valence-electron chi connectivity index (χ2n) is 15.4. The van der Waals surface area contributed by atoms with Gasteiger partial charge in [0.05, 0.1) is 36.9 Å². The van der Waals surface area contributed by atoms with Crippen molar-refractivity contribution in [3.05, 3.63) is 229 Å². The average Bonchev–Trinajstić information content (AvgIpc) is 4.06. The Morgan fingerprint density at radius 1 is 0.484 bits per heavy atom. The Morgan fingerprint density at radius 2 is 0.891 bits per heavy atom. The molecule has 10 aromatic rings. The fourth-order valence-electron chi connectivity index (χ4n) is 7.79. The van der Waals surface area contributed by atoms with E-state index < -0.39 is 0 Å². The molecule has 6 aromatic carbocycles. The van der Waals surface area contributed by atoms with Gasteiger partial charge in [0.25, 0.3) is 0 Å². The van der Waals surface area contributed by atoms with Crippen molar-refractivity contribution >= 4 is 0 Å². The summed E-state index contributed by atoms with van der Waals surface area (Å²) in [4.78, 5) is 4.12. The van der Waals surface area contributed by atoms with Crippen LogP contribution in [0.3, 0.4) is 0 Å². The van der Waals surface area contributed by atoms with Gasteiger partial charge in [-0.2, -0.15) is 58.7 Å². The van der Waals surface area contributed by atoms with Gasteiger partial charge >= 0.3 is 0 Å². The van der Waals surface area contributed by atoms with E-state index in [-0.39, 0.29) is 20.1 Å². The molecule has 7 nitrogen and oxygen atoms in total. The van der Waals surface area contributed by atoms with Crippen LogP contribution in [0, 0.1) is 52.5 Å². The van der Waals surface area contributed by atoms with Gasteiger partial charge in [0.1, 0.15) is 0 Å². The fraction of sp³-hybridized carbons (Fsp3) is 0.107. The molecule has 64 heavy (non-hydrogen) atoms. The summed E-state index contributed by atoms with van der Waals surface area (Å²) in [6, 6.07) is 64.8. The van der Waals surface area contributed by atoms with Crippen LogP contribution < -0.4 is 14.2 Å². The quantitative estimate of drug-likeness (QED) is 0.118. The molecule has 1 radical (unpaired) electrons. The summed E-state index contributed by atoms with van der Waals surface area (Å²) in [5, 5.41) is 7.58. The zero-order valence-corrected chi connectivity index (χ0v) is 39.2. The van der Waals surface area contributed by atoms with E-state index in [4.69, 9.17) is 0 Å². The van der Waals surface area contributed by atoms with Crippen LogP contribution in [0.15, 0.2) is 182 Å². The third-order valence-corrected chi connectivity index (χ3v) is 10.6. The summed E-state index contributed by atoms with van der Waals surface area (Å²) < 4.78 is 8.41. The van der Waals surface area contributed by atoms with Crippen molar-refractivity contribution in [2.45, 2.75) is 27.7 Å². The molecule has 0 atom stereocenters. The Balaban J connectivity index is 0.000000153. The van der Waals surface area contributed by atoms with Gasteiger partial charge in [0, 0.05) is 38.2 Å². The maximum atomic E-state index is 4.12. The van der Waals surface area contributed by atoms with Gasteiger partial charge in [-0.25, -0.2) is 0 Å². The SMILES string of the molecule is Cc1c[c-]c(-n2[c-][n+](C)c(-c3ccccc3)c2-c2ccccc2)c(C)c1.Cc1c[c-]c(-n2[c-][n+](C)c(-c3ccccc3)c2-c2ccccc2)c(C)c1.[Ir].c1ccc(-c2ccn[n-]2)nc1. The number of aromatic nitrogens is 7. The van der Waals surface area contributed by atoms with Crippen LogP contribution in [0.1, 0.15) is 22.3 Å². The first kappa shape index (κ1) is 44.8. The van der Waals surface area contributed by atoms with Crippen molar-refractivity contribution in [3.8, 4) is 67.8 Å². The van der Waals surface area contributed by atoms with Gasteiger partial charge in [-0.3, -0.25) is 4.98 Å². The van der Waals surface area contributed by atoms with Crippen LogP contribution in [0.2, 0.25) is 0 Å². The molecule has 10 rings (SSSR count). The first-order chi connectivity index (χ1) is 30.8. The van der Waals surface area contributed by atoms with E-state index in [9.17, 15) is 0 Å². The summed E-state index contributed by atoms with van der Waals surface area (Å²) >= 11 is 0. The second kappa shape index (κ2) is 20.7. The summed E-state index contributed by atoms with van der Waals surface area (Å²) in [5.74, 6) is 0. The first-order valence-corrected chi connectivity index (χ1v) is 20.9. The van der Waals surface area contributed by atoms with Crippen LogP contribution in [-0.2, 0) is 34.2 Å². The van der Waals surface area contributed by atoms with Gasteiger partial charge in [0.15, 0.2) is 0 Å². The van der Waals surface area contributed by atoms with Gasteiger partial charge in [-0.05, 0) is 34.4 Å². The Morgan fingerprint density at radius 3 is 1.25 bits per heavy atom. The molecule has 0 aliphatic rings. The van der Waals surface area contributed by atoms with E-state index in [2.05, 4.69) is 209 Å². The van der Waals surface area contributed by atoms with Crippen LogP contribution in [0.25, 0.3) is 67.8 Å². The zero-order valence-electron chi connectivity index (χ0n) is 36.8.